The Labute approximate surface area is 106 Å². The largest absolute Gasteiger partial charge is 0.484 e. The molecule has 0 saturated heterocycles. The molecule has 0 spiro atoms. The lowest BCUT2D eigenvalue weighted by Crippen LogP contribution is -2.16. The third-order valence-electron chi connectivity index (χ3n) is 2.59. The van der Waals surface area contributed by atoms with Crippen molar-refractivity contribution in [2.24, 2.45) is 11.7 Å². The topological polar surface area (TPSA) is 74.2 Å². The van der Waals surface area contributed by atoms with Crippen LogP contribution in [0, 0.1) is 5.92 Å². The minimum atomic E-state index is -0.233. The highest BCUT2D eigenvalue weighted by Gasteiger charge is 2.17. The van der Waals surface area contributed by atoms with Crippen molar-refractivity contribution < 1.29 is 9.15 Å². The first-order chi connectivity index (χ1) is 8.66. The van der Waals surface area contributed by atoms with Crippen molar-refractivity contribution in [3.63, 3.8) is 0 Å². The molecule has 0 aliphatic carbocycles. The Morgan fingerprint density at radius 3 is 2.61 bits per heavy atom. The molecule has 0 amide bonds. The van der Waals surface area contributed by atoms with E-state index in [-0.39, 0.29) is 18.6 Å². The second kappa shape index (κ2) is 5.64. The fourth-order valence-corrected chi connectivity index (χ4v) is 1.41. The molecule has 2 rings (SSSR count). The first-order valence-electron chi connectivity index (χ1n) is 5.92. The number of aromatic nitrogens is 2. The Kier molecular flexibility index (Phi) is 3.94. The quantitative estimate of drug-likeness (QED) is 0.877. The first kappa shape index (κ1) is 12.6. The van der Waals surface area contributed by atoms with Crippen LogP contribution in [0.15, 0.2) is 34.7 Å². The Bertz CT molecular complexity index is 482. The second-order valence-electron chi connectivity index (χ2n) is 4.41. The van der Waals surface area contributed by atoms with Crippen molar-refractivity contribution >= 4 is 0 Å². The molecule has 1 atom stereocenters. The molecule has 2 aromatic rings. The summed E-state index contributed by atoms with van der Waals surface area (Å²) in [6.45, 7) is 4.27. The number of hydrogen-bond acceptors (Lipinski definition) is 5. The summed E-state index contributed by atoms with van der Waals surface area (Å²) >= 11 is 0. The van der Waals surface area contributed by atoms with Gasteiger partial charge in [-0.3, -0.25) is 0 Å². The molecule has 1 aromatic heterocycles. The number of hydrogen-bond donors (Lipinski definition) is 1. The average Bonchev–Trinajstić information content (AvgIpc) is 2.85. The van der Waals surface area contributed by atoms with E-state index in [1.165, 1.54) is 0 Å². The molecule has 0 saturated carbocycles. The predicted octanol–water partition coefficient (Wildman–Crippen LogP) is 2.30. The number of para-hydroxylation sites is 1. The molecule has 0 radical (unpaired) electrons. The lowest BCUT2D eigenvalue weighted by Gasteiger charge is -2.09. The van der Waals surface area contributed by atoms with Crippen LogP contribution in [0.5, 0.6) is 5.75 Å². The third-order valence-corrected chi connectivity index (χ3v) is 2.59. The molecule has 2 N–H and O–H groups in total. The summed E-state index contributed by atoms with van der Waals surface area (Å²) in [7, 11) is 0. The van der Waals surface area contributed by atoms with Crippen LogP contribution in [0.25, 0.3) is 0 Å². The molecule has 0 bridgehead atoms. The molecule has 1 unspecified atom stereocenters. The molecule has 5 nitrogen and oxygen atoms in total. The van der Waals surface area contributed by atoms with Crippen molar-refractivity contribution in [2.75, 3.05) is 0 Å². The summed E-state index contributed by atoms with van der Waals surface area (Å²) in [6, 6.07) is 9.25. The molecular weight excluding hydrogens is 230 g/mol. The van der Waals surface area contributed by atoms with Crippen LogP contribution in [-0.2, 0) is 6.61 Å². The highest BCUT2D eigenvalue weighted by Crippen LogP contribution is 2.18. The van der Waals surface area contributed by atoms with Crippen molar-refractivity contribution in [1.82, 2.24) is 10.2 Å². The molecule has 0 aliphatic rings. The van der Waals surface area contributed by atoms with E-state index in [0.717, 1.165) is 5.75 Å². The van der Waals surface area contributed by atoms with Crippen molar-refractivity contribution in [3.05, 3.63) is 42.1 Å². The molecule has 1 heterocycles. The number of nitrogens with two attached hydrogens (primary N) is 1. The van der Waals surface area contributed by atoms with Crippen LogP contribution in [0.4, 0.5) is 0 Å². The molecule has 1 aromatic carbocycles. The zero-order valence-electron chi connectivity index (χ0n) is 10.5. The highest BCUT2D eigenvalue weighted by molar-refractivity contribution is 5.20. The molecule has 0 aliphatic heterocycles. The van der Waals surface area contributed by atoms with E-state index in [0.29, 0.717) is 11.8 Å². The van der Waals surface area contributed by atoms with Gasteiger partial charge in [0.1, 0.15) is 5.75 Å². The van der Waals surface area contributed by atoms with E-state index in [2.05, 4.69) is 10.2 Å². The summed E-state index contributed by atoms with van der Waals surface area (Å²) in [5.41, 5.74) is 5.92. The smallest absolute Gasteiger partial charge is 0.253 e. The van der Waals surface area contributed by atoms with Crippen molar-refractivity contribution in [1.29, 1.82) is 0 Å². The molecular formula is C13H17N3O2. The first-order valence-corrected chi connectivity index (χ1v) is 5.92. The Hall–Kier alpha value is -1.88. The summed E-state index contributed by atoms with van der Waals surface area (Å²) in [5.74, 6) is 1.92. The Morgan fingerprint density at radius 1 is 1.22 bits per heavy atom. The van der Waals surface area contributed by atoms with E-state index in [1.807, 2.05) is 44.2 Å². The Balaban J connectivity index is 1.95. The second-order valence-corrected chi connectivity index (χ2v) is 4.41. The van der Waals surface area contributed by atoms with Crippen molar-refractivity contribution in [2.45, 2.75) is 26.5 Å². The monoisotopic (exact) mass is 247 g/mol. The van der Waals surface area contributed by atoms with Crippen LogP contribution in [-0.4, -0.2) is 10.2 Å². The maximum atomic E-state index is 5.92. The van der Waals surface area contributed by atoms with Crippen LogP contribution < -0.4 is 10.5 Å². The van der Waals surface area contributed by atoms with Crippen LogP contribution >= 0.6 is 0 Å². The van der Waals surface area contributed by atoms with Gasteiger partial charge in [-0.25, -0.2) is 0 Å². The lowest BCUT2D eigenvalue weighted by atomic mass is 10.1. The molecule has 18 heavy (non-hydrogen) atoms. The van der Waals surface area contributed by atoms with Crippen LogP contribution in [0.1, 0.15) is 31.7 Å². The zero-order chi connectivity index (χ0) is 13.0. The predicted molar refractivity (Wildman–Crippen MR) is 66.8 cm³/mol. The van der Waals surface area contributed by atoms with E-state index in [4.69, 9.17) is 14.9 Å². The standard InChI is InChI=1S/C13H17N3O2/c1-9(2)12(14)13-16-15-11(18-13)8-17-10-6-4-3-5-7-10/h3-7,9,12H,8,14H2,1-2H3. The van der Waals surface area contributed by atoms with Gasteiger partial charge >= 0.3 is 0 Å². The SMILES string of the molecule is CC(C)C(N)c1nnc(COc2ccccc2)o1. The van der Waals surface area contributed by atoms with E-state index < -0.39 is 0 Å². The van der Waals surface area contributed by atoms with Gasteiger partial charge in [0, 0.05) is 0 Å². The van der Waals surface area contributed by atoms with Gasteiger partial charge in [0.05, 0.1) is 6.04 Å². The third kappa shape index (κ3) is 3.07. The number of rotatable bonds is 5. The summed E-state index contributed by atoms with van der Waals surface area (Å²) < 4.78 is 11.0. The average molecular weight is 247 g/mol. The fourth-order valence-electron chi connectivity index (χ4n) is 1.41. The van der Waals surface area contributed by atoms with Gasteiger partial charge in [-0.1, -0.05) is 32.0 Å². The summed E-state index contributed by atoms with van der Waals surface area (Å²) in [5, 5.41) is 7.84. The highest BCUT2D eigenvalue weighted by atomic mass is 16.5. The van der Waals surface area contributed by atoms with Gasteiger partial charge in [0.15, 0.2) is 6.61 Å². The maximum Gasteiger partial charge on any atom is 0.253 e. The van der Waals surface area contributed by atoms with E-state index in [1.54, 1.807) is 0 Å². The van der Waals surface area contributed by atoms with Gasteiger partial charge in [-0.15, -0.1) is 10.2 Å². The Morgan fingerprint density at radius 2 is 1.94 bits per heavy atom. The van der Waals surface area contributed by atoms with Gasteiger partial charge in [0.25, 0.3) is 5.89 Å². The maximum absolute atomic E-state index is 5.92. The molecule has 5 heteroatoms. The molecule has 0 fully saturated rings. The summed E-state index contributed by atoms with van der Waals surface area (Å²) in [4.78, 5) is 0. The van der Waals surface area contributed by atoms with Crippen LogP contribution in [0.2, 0.25) is 0 Å². The zero-order valence-corrected chi connectivity index (χ0v) is 10.5. The fraction of sp³-hybridized carbons (Fsp3) is 0.385. The van der Waals surface area contributed by atoms with E-state index in [9.17, 15) is 0 Å². The normalized spacial score (nSPS) is 12.7. The lowest BCUT2D eigenvalue weighted by molar-refractivity contribution is 0.253. The molecule has 96 valence electrons. The summed E-state index contributed by atoms with van der Waals surface area (Å²) in [6.07, 6.45) is 0. The van der Waals surface area contributed by atoms with Gasteiger partial charge in [-0.2, -0.15) is 0 Å². The van der Waals surface area contributed by atoms with Crippen LogP contribution in [0.3, 0.4) is 0 Å². The van der Waals surface area contributed by atoms with Gasteiger partial charge in [0.2, 0.25) is 5.89 Å². The van der Waals surface area contributed by atoms with Gasteiger partial charge < -0.3 is 14.9 Å². The number of ether oxygens (including phenoxy) is 1. The minimum Gasteiger partial charge on any atom is -0.484 e. The number of benzene rings is 1. The van der Waals surface area contributed by atoms with E-state index >= 15 is 0 Å². The minimum absolute atomic E-state index is 0.233. The number of nitrogens with zero attached hydrogens (tertiary/aromatic N) is 2. The van der Waals surface area contributed by atoms with Gasteiger partial charge in [-0.05, 0) is 18.1 Å². The van der Waals surface area contributed by atoms with Crippen molar-refractivity contribution in [3.8, 4) is 5.75 Å².